The first-order chi connectivity index (χ1) is 15.5. The molecule has 2 amide bonds. The van der Waals surface area contributed by atoms with Crippen molar-refractivity contribution in [1.82, 2.24) is 10.6 Å². The largest absolute Gasteiger partial charge is 0.394 e. The van der Waals surface area contributed by atoms with Gasteiger partial charge in [-0.25, -0.2) is 0 Å². The van der Waals surface area contributed by atoms with Crippen LogP contribution in [0.1, 0.15) is 42.5 Å². The number of hydrogen-bond acceptors (Lipinski definition) is 3. The molecular formula is C27H30N2O3. The smallest absolute Gasteiger partial charge is 0.243 e. The zero-order chi connectivity index (χ0) is 22.9. The van der Waals surface area contributed by atoms with Gasteiger partial charge < -0.3 is 15.7 Å². The van der Waals surface area contributed by atoms with E-state index in [9.17, 15) is 14.7 Å². The molecule has 3 aromatic rings. The third-order valence-electron chi connectivity index (χ3n) is 5.48. The maximum absolute atomic E-state index is 13.4. The van der Waals surface area contributed by atoms with Crippen LogP contribution in [0, 0.1) is 5.92 Å². The lowest BCUT2D eigenvalue weighted by Crippen LogP contribution is -2.52. The van der Waals surface area contributed by atoms with Crippen LogP contribution in [0.15, 0.2) is 91.0 Å². The minimum Gasteiger partial charge on any atom is -0.394 e. The number of aliphatic hydroxyl groups is 1. The third-order valence-corrected chi connectivity index (χ3v) is 5.48. The van der Waals surface area contributed by atoms with E-state index in [0.717, 1.165) is 16.7 Å². The van der Waals surface area contributed by atoms with Gasteiger partial charge in [-0.15, -0.1) is 0 Å². The van der Waals surface area contributed by atoms with Crippen molar-refractivity contribution in [2.45, 2.75) is 31.8 Å². The van der Waals surface area contributed by atoms with Crippen LogP contribution >= 0.6 is 0 Å². The van der Waals surface area contributed by atoms with Crippen molar-refractivity contribution in [2.24, 2.45) is 5.92 Å². The first-order valence-electron chi connectivity index (χ1n) is 10.9. The summed E-state index contributed by atoms with van der Waals surface area (Å²) in [5.74, 6) is -1.23. The Kier molecular flexibility index (Phi) is 8.17. The third kappa shape index (κ3) is 5.83. The minimum absolute atomic E-state index is 0.138. The van der Waals surface area contributed by atoms with E-state index >= 15 is 0 Å². The molecule has 3 rings (SSSR count). The number of rotatable bonds is 9. The van der Waals surface area contributed by atoms with Gasteiger partial charge in [-0.3, -0.25) is 9.59 Å². The highest BCUT2D eigenvalue weighted by molar-refractivity contribution is 5.92. The molecular weight excluding hydrogens is 400 g/mol. The first-order valence-corrected chi connectivity index (χ1v) is 10.9. The van der Waals surface area contributed by atoms with E-state index in [1.165, 1.54) is 0 Å². The van der Waals surface area contributed by atoms with Crippen LogP contribution in [0.25, 0.3) is 0 Å². The fourth-order valence-corrected chi connectivity index (χ4v) is 3.74. The molecule has 0 saturated carbocycles. The van der Waals surface area contributed by atoms with Crippen LogP contribution in [0.3, 0.4) is 0 Å². The zero-order valence-electron chi connectivity index (χ0n) is 18.4. The molecule has 3 N–H and O–H groups in total. The van der Waals surface area contributed by atoms with Gasteiger partial charge in [-0.1, -0.05) is 105 Å². The Hall–Kier alpha value is -3.44. The maximum atomic E-state index is 13.4. The van der Waals surface area contributed by atoms with Crippen LogP contribution in [-0.4, -0.2) is 29.6 Å². The summed E-state index contributed by atoms with van der Waals surface area (Å²) in [5.41, 5.74) is 2.52. The second-order valence-corrected chi connectivity index (χ2v) is 8.14. The van der Waals surface area contributed by atoms with Gasteiger partial charge in [-0.05, 0) is 22.6 Å². The van der Waals surface area contributed by atoms with Gasteiger partial charge in [0.2, 0.25) is 11.8 Å². The molecule has 0 radical (unpaired) electrons. The second kappa shape index (κ2) is 11.3. The molecule has 166 valence electrons. The summed E-state index contributed by atoms with van der Waals surface area (Å²) in [4.78, 5) is 26.6. The number of aliphatic hydroxyl groups excluding tert-OH is 1. The molecule has 0 aliphatic carbocycles. The molecule has 0 saturated heterocycles. The van der Waals surface area contributed by atoms with Crippen molar-refractivity contribution >= 4 is 11.8 Å². The number of hydrogen-bond donors (Lipinski definition) is 3. The van der Waals surface area contributed by atoms with Crippen LogP contribution in [0.2, 0.25) is 0 Å². The molecule has 0 aliphatic heterocycles. The van der Waals surface area contributed by atoms with E-state index in [2.05, 4.69) is 10.6 Å². The van der Waals surface area contributed by atoms with Gasteiger partial charge in [-0.2, -0.15) is 0 Å². The Bertz CT molecular complexity index is 952. The first kappa shape index (κ1) is 23.2. The van der Waals surface area contributed by atoms with E-state index in [1.54, 1.807) is 0 Å². The standard InChI is InChI=1S/C27H30N2O3/c1-19(2)25(27(32)28-23(18-30)20-12-6-3-7-13-20)29-26(31)24(21-14-8-4-9-15-21)22-16-10-5-11-17-22/h3-17,19,23-25,30H,18H2,1-2H3,(H,28,32)(H,29,31)/t23-,25+/m1/s1. The van der Waals surface area contributed by atoms with E-state index in [1.807, 2.05) is 105 Å². The predicted octanol–water partition coefficient (Wildman–Crippen LogP) is 3.81. The summed E-state index contributed by atoms with van der Waals surface area (Å²) in [6.07, 6.45) is 0. The van der Waals surface area contributed by atoms with Crippen molar-refractivity contribution in [3.05, 3.63) is 108 Å². The monoisotopic (exact) mass is 430 g/mol. The maximum Gasteiger partial charge on any atom is 0.243 e. The summed E-state index contributed by atoms with van der Waals surface area (Å²) in [6, 6.07) is 27.1. The summed E-state index contributed by atoms with van der Waals surface area (Å²) in [6.45, 7) is 3.55. The Labute approximate surface area is 189 Å². The van der Waals surface area contributed by atoms with Crippen molar-refractivity contribution in [3.8, 4) is 0 Å². The number of amides is 2. The topological polar surface area (TPSA) is 78.4 Å². The number of benzene rings is 3. The van der Waals surface area contributed by atoms with E-state index in [4.69, 9.17) is 0 Å². The highest BCUT2D eigenvalue weighted by Crippen LogP contribution is 2.25. The quantitative estimate of drug-likeness (QED) is 0.483. The van der Waals surface area contributed by atoms with Crippen LogP contribution in [0.5, 0.6) is 0 Å². The average molecular weight is 431 g/mol. The van der Waals surface area contributed by atoms with Gasteiger partial charge in [0, 0.05) is 0 Å². The molecule has 0 fully saturated rings. The Morgan fingerprint density at radius 1 is 0.688 bits per heavy atom. The summed E-state index contributed by atoms with van der Waals surface area (Å²) in [7, 11) is 0. The molecule has 3 aromatic carbocycles. The normalized spacial score (nSPS) is 12.9. The zero-order valence-corrected chi connectivity index (χ0v) is 18.4. The Morgan fingerprint density at radius 2 is 1.12 bits per heavy atom. The van der Waals surface area contributed by atoms with Gasteiger partial charge in [0.15, 0.2) is 0 Å². The highest BCUT2D eigenvalue weighted by Gasteiger charge is 2.30. The van der Waals surface area contributed by atoms with Crippen LogP contribution < -0.4 is 10.6 Å². The van der Waals surface area contributed by atoms with Crippen LogP contribution in [-0.2, 0) is 9.59 Å². The molecule has 0 aliphatic rings. The van der Waals surface area contributed by atoms with Gasteiger partial charge in [0.05, 0.1) is 18.6 Å². The van der Waals surface area contributed by atoms with Crippen molar-refractivity contribution in [2.75, 3.05) is 6.61 Å². The number of nitrogens with one attached hydrogen (secondary N) is 2. The molecule has 0 bridgehead atoms. The summed E-state index contributed by atoms with van der Waals surface area (Å²) < 4.78 is 0. The van der Waals surface area contributed by atoms with Crippen molar-refractivity contribution in [1.29, 1.82) is 0 Å². The lowest BCUT2D eigenvalue weighted by atomic mass is 9.89. The molecule has 5 nitrogen and oxygen atoms in total. The van der Waals surface area contributed by atoms with Gasteiger partial charge in [0.25, 0.3) is 0 Å². The lowest BCUT2D eigenvalue weighted by molar-refractivity contribution is -0.131. The SMILES string of the molecule is CC(C)[C@H](NC(=O)C(c1ccccc1)c1ccccc1)C(=O)N[C@H](CO)c1ccccc1. The van der Waals surface area contributed by atoms with Crippen molar-refractivity contribution in [3.63, 3.8) is 0 Å². The Balaban J connectivity index is 1.81. The van der Waals surface area contributed by atoms with Crippen molar-refractivity contribution < 1.29 is 14.7 Å². The summed E-state index contributed by atoms with van der Waals surface area (Å²) in [5, 5.41) is 15.7. The van der Waals surface area contributed by atoms with E-state index < -0.39 is 18.0 Å². The molecule has 0 heterocycles. The number of carbonyl (C=O) groups is 2. The average Bonchev–Trinajstić information content (AvgIpc) is 2.82. The molecule has 32 heavy (non-hydrogen) atoms. The summed E-state index contributed by atoms with van der Waals surface area (Å²) >= 11 is 0. The predicted molar refractivity (Wildman–Crippen MR) is 126 cm³/mol. The van der Waals surface area contributed by atoms with Gasteiger partial charge >= 0.3 is 0 Å². The fourth-order valence-electron chi connectivity index (χ4n) is 3.74. The van der Waals surface area contributed by atoms with E-state index in [0.29, 0.717) is 0 Å². The van der Waals surface area contributed by atoms with Crippen LogP contribution in [0.4, 0.5) is 0 Å². The van der Waals surface area contributed by atoms with Gasteiger partial charge in [0.1, 0.15) is 6.04 Å². The van der Waals surface area contributed by atoms with E-state index in [-0.39, 0.29) is 24.3 Å². The second-order valence-electron chi connectivity index (χ2n) is 8.14. The minimum atomic E-state index is -0.741. The molecule has 0 spiro atoms. The lowest BCUT2D eigenvalue weighted by Gasteiger charge is -2.27. The fraction of sp³-hybridized carbons (Fsp3) is 0.259. The molecule has 5 heteroatoms. The highest BCUT2D eigenvalue weighted by atomic mass is 16.3. The Morgan fingerprint density at radius 3 is 1.53 bits per heavy atom. The molecule has 0 aromatic heterocycles. The molecule has 2 atom stereocenters. The number of carbonyl (C=O) groups excluding carboxylic acids is 2. The molecule has 0 unspecified atom stereocenters.